The van der Waals surface area contributed by atoms with Gasteiger partial charge in [0.1, 0.15) is 11.3 Å². The number of nitrogens with zero attached hydrogens (tertiary/aromatic N) is 5. The van der Waals surface area contributed by atoms with E-state index >= 15 is 0 Å². The van der Waals surface area contributed by atoms with E-state index in [9.17, 15) is 13.2 Å². The number of nitrogens with two attached hydrogens (primary N) is 1. The van der Waals surface area contributed by atoms with Crippen LogP contribution in [0.5, 0.6) is 5.75 Å². The van der Waals surface area contributed by atoms with Crippen molar-refractivity contribution in [3.63, 3.8) is 0 Å². The van der Waals surface area contributed by atoms with Crippen LogP contribution in [0, 0.1) is 5.92 Å². The molecule has 40 heavy (non-hydrogen) atoms. The van der Waals surface area contributed by atoms with Gasteiger partial charge in [-0.15, -0.1) is 0 Å². The Morgan fingerprint density at radius 3 is 2.62 bits per heavy atom. The number of carbonyl (C=O) groups excluding carboxylic acids is 1. The molecule has 10 nitrogen and oxygen atoms in total. The van der Waals surface area contributed by atoms with Crippen molar-refractivity contribution in [1.29, 1.82) is 0 Å². The molecular weight excluding hydrogens is 528 g/mol. The zero-order chi connectivity index (χ0) is 28.3. The SMILES string of the molecule is COc1cc(C(=O)N2CCC[C@@H](N)C2)cc2nc(-c3cc4ccc(N(C)S(C)(=O)=O)cc4n3CC3CC3)n(C)c12. The minimum atomic E-state index is -3.39. The lowest BCUT2D eigenvalue weighted by Crippen LogP contribution is -2.45. The minimum absolute atomic E-state index is 0.00379. The third kappa shape index (κ3) is 4.71. The number of amides is 1. The number of aromatic nitrogens is 3. The van der Waals surface area contributed by atoms with E-state index in [0.717, 1.165) is 47.3 Å². The van der Waals surface area contributed by atoms with Gasteiger partial charge in [-0.25, -0.2) is 13.4 Å². The zero-order valence-corrected chi connectivity index (χ0v) is 24.2. The summed E-state index contributed by atoms with van der Waals surface area (Å²) in [6, 6.07) is 11.5. The number of piperidine rings is 1. The lowest BCUT2D eigenvalue weighted by molar-refractivity contribution is 0.0708. The first-order valence-corrected chi connectivity index (χ1v) is 15.6. The number of fused-ring (bicyclic) bond motifs is 2. The summed E-state index contributed by atoms with van der Waals surface area (Å²) >= 11 is 0. The van der Waals surface area contributed by atoms with Crippen LogP contribution in [0.2, 0.25) is 0 Å². The van der Waals surface area contributed by atoms with Gasteiger partial charge in [-0.05, 0) is 61.9 Å². The molecule has 1 atom stereocenters. The second kappa shape index (κ2) is 9.81. The Morgan fingerprint density at radius 1 is 1.18 bits per heavy atom. The van der Waals surface area contributed by atoms with Crippen molar-refractivity contribution >= 4 is 43.6 Å². The van der Waals surface area contributed by atoms with Crippen molar-refractivity contribution in [2.45, 2.75) is 38.3 Å². The highest BCUT2D eigenvalue weighted by molar-refractivity contribution is 7.92. The topological polar surface area (TPSA) is 116 Å². The molecule has 1 saturated carbocycles. The Hall–Kier alpha value is -3.57. The van der Waals surface area contributed by atoms with Crippen LogP contribution in [-0.4, -0.2) is 72.9 Å². The second-order valence-corrected chi connectivity index (χ2v) is 13.3. The van der Waals surface area contributed by atoms with E-state index in [2.05, 4.69) is 10.6 Å². The average molecular weight is 565 g/mol. The van der Waals surface area contributed by atoms with E-state index in [-0.39, 0.29) is 11.9 Å². The summed E-state index contributed by atoms with van der Waals surface area (Å²) in [6.07, 6.45) is 5.37. The summed E-state index contributed by atoms with van der Waals surface area (Å²) in [4.78, 5) is 20.3. The van der Waals surface area contributed by atoms with E-state index in [0.29, 0.717) is 41.5 Å². The average Bonchev–Trinajstić information content (AvgIpc) is 3.60. The quantitative estimate of drug-likeness (QED) is 0.367. The van der Waals surface area contributed by atoms with Crippen LogP contribution < -0.4 is 14.8 Å². The summed E-state index contributed by atoms with van der Waals surface area (Å²) in [5.74, 6) is 1.86. The number of rotatable bonds is 7. The second-order valence-electron chi connectivity index (χ2n) is 11.3. The van der Waals surface area contributed by atoms with Crippen LogP contribution in [0.15, 0.2) is 36.4 Å². The molecule has 212 valence electrons. The highest BCUT2D eigenvalue weighted by Gasteiger charge is 2.28. The van der Waals surface area contributed by atoms with Crippen molar-refractivity contribution in [2.75, 3.05) is 37.8 Å². The van der Waals surface area contributed by atoms with E-state index in [1.54, 1.807) is 20.2 Å². The molecule has 1 aliphatic carbocycles. The van der Waals surface area contributed by atoms with Crippen LogP contribution in [0.1, 0.15) is 36.0 Å². The first-order chi connectivity index (χ1) is 19.0. The maximum Gasteiger partial charge on any atom is 0.254 e. The van der Waals surface area contributed by atoms with E-state index in [1.807, 2.05) is 40.8 Å². The van der Waals surface area contributed by atoms with Crippen molar-refractivity contribution in [3.8, 4) is 17.3 Å². The molecule has 11 heteroatoms. The summed E-state index contributed by atoms with van der Waals surface area (Å²) in [7, 11) is 1.74. The van der Waals surface area contributed by atoms with Gasteiger partial charge in [0.25, 0.3) is 5.91 Å². The number of benzene rings is 2. The van der Waals surface area contributed by atoms with Gasteiger partial charge in [0.05, 0.1) is 35.8 Å². The zero-order valence-electron chi connectivity index (χ0n) is 23.4. The molecule has 2 fully saturated rings. The Balaban J connectivity index is 1.48. The molecule has 0 bridgehead atoms. The molecule has 0 unspecified atom stereocenters. The number of aryl methyl sites for hydroxylation is 1. The summed E-state index contributed by atoms with van der Waals surface area (Å²) in [5, 5.41) is 1.01. The third-order valence-corrected chi connectivity index (χ3v) is 9.47. The first kappa shape index (κ1) is 26.6. The van der Waals surface area contributed by atoms with Crippen LogP contribution in [0.25, 0.3) is 33.5 Å². The van der Waals surface area contributed by atoms with Crippen molar-refractivity contribution in [2.24, 2.45) is 18.7 Å². The predicted octanol–water partition coefficient (Wildman–Crippen LogP) is 3.57. The van der Waals surface area contributed by atoms with Crippen molar-refractivity contribution in [1.82, 2.24) is 19.0 Å². The molecule has 0 spiro atoms. The normalized spacial score (nSPS) is 18.0. The number of carbonyl (C=O) groups is 1. The van der Waals surface area contributed by atoms with Gasteiger partial charge in [-0.1, -0.05) is 6.07 Å². The largest absolute Gasteiger partial charge is 0.494 e. The summed E-state index contributed by atoms with van der Waals surface area (Å²) in [6.45, 7) is 2.06. The molecule has 2 aromatic heterocycles. The van der Waals surface area contributed by atoms with Gasteiger partial charge in [0, 0.05) is 50.7 Å². The highest BCUT2D eigenvalue weighted by atomic mass is 32.2. The molecule has 1 aliphatic heterocycles. The Kier molecular flexibility index (Phi) is 6.53. The highest BCUT2D eigenvalue weighted by Crippen LogP contribution is 2.39. The number of ether oxygens (including phenoxy) is 1. The lowest BCUT2D eigenvalue weighted by Gasteiger charge is -2.30. The number of imidazole rings is 1. The van der Waals surface area contributed by atoms with Gasteiger partial charge in [0.15, 0.2) is 5.82 Å². The number of sulfonamides is 1. The summed E-state index contributed by atoms with van der Waals surface area (Å²) < 4.78 is 35.8. The standard InChI is InChI=1S/C29H36N6O4S/c1-32-27-23(12-20(14-26(27)39-3)29(36)34-11-5-6-21(30)17-34)31-28(32)25-13-19-9-10-22(33(2)40(4,37)38)15-24(19)35(25)16-18-7-8-18/h9-10,12-15,18,21H,5-8,11,16-17,30H2,1-4H3/t21-/m1/s1. The number of hydrogen-bond donors (Lipinski definition) is 1. The van der Waals surface area contributed by atoms with Crippen LogP contribution in [0.4, 0.5) is 5.69 Å². The maximum absolute atomic E-state index is 13.4. The monoisotopic (exact) mass is 564 g/mol. The molecular formula is C29H36N6O4S. The summed E-state index contributed by atoms with van der Waals surface area (Å²) in [5.41, 5.74) is 10.7. The van der Waals surface area contributed by atoms with E-state index < -0.39 is 10.0 Å². The number of anilines is 1. The van der Waals surface area contributed by atoms with Gasteiger partial charge in [-0.2, -0.15) is 0 Å². The fourth-order valence-corrected chi connectivity index (χ4v) is 6.26. The number of hydrogen-bond acceptors (Lipinski definition) is 6. The molecule has 2 N–H and O–H groups in total. The number of likely N-dealkylation sites (tertiary alicyclic amines) is 1. The van der Waals surface area contributed by atoms with Gasteiger partial charge >= 0.3 is 0 Å². The molecule has 3 heterocycles. The predicted molar refractivity (Wildman–Crippen MR) is 157 cm³/mol. The smallest absolute Gasteiger partial charge is 0.254 e. The van der Waals surface area contributed by atoms with Crippen LogP contribution in [-0.2, 0) is 23.6 Å². The van der Waals surface area contributed by atoms with Gasteiger partial charge in [0.2, 0.25) is 10.0 Å². The molecule has 2 aromatic carbocycles. The van der Waals surface area contributed by atoms with Crippen molar-refractivity contribution < 1.29 is 17.9 Å². The Labute approximate surface area is 234 Å². The van der Waals surface area contributed by atoms with E-state index in [4.69, 9.17) is 15.5 Å². The molecule has 1 saturated heterocycles. The third-order valence-electron chi connectivity index (χ3n) is 8.26. The van der Waals surface area contributed by atoms with Crippen molar-refractivity contribution in [3.05, 3.63) is 42.0 Å². The fourth-order valence-electron chi connectivity index (χ4n) is 5.77. The van der Waals surface area contributed by atoms with Crippen LogP contribution >= 0.6 is 0 Å². The minimum Gasteiger partial charge on any atom is -0.494 e. The fraction of sp³-hybridized carbons (Fsp3) is 0.448. The molecule has 1 amide bonds. The molecule has 0 radical (unpaired) electrons. The van der Waals surface area contributed by atoms with Gasteiger partial charge in [-0.3, -0.25) is 9.10 Å². The lowest BCUT2D eigenvalue weighted by atomic mass is 10.0. The maximum atomic E-state index is 13.4. The van der Waals surface area contributed by atoms with Crippen LogP contribution in [0.3, 0.4) is 0 Å². The molecule has 6 rings (SSSR count). The first-order valence-electron chi connectivity index (χ1n) is 13.7. The molecule has 2 aliphatic rings. The van der Waals surface area contributed by atoms with E-state index in [1.165, 1.54) is 23.4 Å². The Bertz CT molecular complexity index is 1740. The van der Waals surface area contributed by atoms with Gasteiger partial charge < -0.3 is 24.5 Å². The molecule has 4 aromatic rings. The number of methoxy groups -OCH3 is 1. The Morgan fingerprint density at radius 2 is 1.95 bits per heavy atom.